The van der Waals surface area contributed by atoms with E-state index in [1.807, 2.05) is 66.9 Å². The lowest BCUT2D eigenvalue weighted by Crippen LogP contribution is -2.34. The highest BCUT2D eigenvalue weighted by Crippen LogP contribution is 2.27. The van der Waals surface area contributed by atoms with Crippen molar-refractivity contribution in [2.45, 2.75) is 6.54 Å². The van der Waals surface area contributed by atoms with Crippen LogP contribution in [0, 0.1) is 0 Å². The van der Waals surface area contributed by atoms with Gasteiger partial charge in [0.25, 0.3) is 11.8 Å². The summed E-state index contributed by atoms with van der Waals surface area (Å²) in [6.45, 7) is 0.174. The van der Waals surface area contributed by atoms with Crippen molar-refractivity contribution in [1.29, 1.82) is 0 Å². The number of halogens is 1. The second-order valence-corrected chi connectivity index (χ2v) is 9.28. The van der Waals surface area contributed by atoms with Crippen LogP contribution in [0.25, 0.3) is 23.0 Å². The number of carbonyl (C=O) groups excluding carboxylic acids is 2. The van der Waals surface area contributed by atoms with Crippen LogP contribution in [0.3, 0.4) is 0 Å². The Kier molecular flexibility index (Phi) is 7.61. The molecule has 0 atom stereocenters. The molecule has 0 fully saturated rings. The number of aromatic nitrogens is 2. The molecule has 8 heteroatoms. The van der Waals surface area contributed by atoms with Crippen LogP contribution in [-0.4, -0.2) is 21.6 Å². The van der Waals surface area contributed by atoms with E-state index in [1.165, 1.54) is 6.26 Å². The molecule has 0 saturated heterocycles. The largest absolute Gasteiger partial charge is 0.467 e. The van der Waals surface area contributed by atoms with E-state index in [4.69, 9.17) is 9.52 Å². The molecule has 2 heterocycles. The number of furan rings is 1. The summed E-state index contributed by atoms with van der Waals surface area (Å²) in [5.41, 5.74) is 3.56. The zero-order chi connectivity index (χ0) is 26.3. The van der Waals surface area contributed by atoms with Crippen molar-refractivity contribution >= 4 is 33.8 Å². The summed E-state index contributed by atoms with van der Waals surface area (Å²) >= 11 is 3.48. The van der Waals surface area contributed by atoms with Crippen LogP contribution in [0.2, 0.25) is 0 Å². The van der Waals surface area contributed by atoms with Crippen molar-refractivity contribution in [3.05, 3.63) is 137 Å². The average Bonchev–Trinajstić information content (AvgIpc) is 3.63. The summed E-state index contributed by atoms with van der Waals surface area (Å²) in [7, 11) is 0. The fourth-order valence-electron chi connectivity index (χ4n) is 3.81. The normalized spacial score (nSPS) is 11.2. The van der Waals surface area contributed by atoms with Gasteiger partial charge in [-0.2, -0.15) is 5.10 Å². The molecule has 2 N–H and O–H groups in total. The highest BCUT2D eigenvalue weighted by molar-refractivity contribution is 9.10. The maximum Gasteiger partial charge on any atom is 0.268 e. The number of rotatable bonds is 8. The monoisotopic (exact) mass is 566 g/mol. The van der Waals surface area contributed by atoms with Gasteiger partial charge in [0.2, 0.25) is 0 Å². The molecule has 0 spiro atoms. The van der Waals surface area contributed by atoms with Crippen molar-refractivity contribution in [3.8, 4) is 16.9 Å². The maximum atomic E-state index is 13.3. The third-order valence-corrected chi connectivity index (χ3v) is 6.24. The summed E-state index contributed by atoms with van der Waals surface area (Å²) < 4.78 is 8.02. The van der Waals surface area contributed by atoms with Crippen LogP contribution in [0.4, 0.5) is 0 Å². The number of nitrogens with zero attached hydrogens (tertiary/aromatic N) is 2. The summed E-state index contributed by atoms with van der Waals surface area (Å²) in [5, 5.41) is 10.4. The first kappa shape index (κ1) is 25.0. The van der Waals surface area contributed by atoms with Crippen LogP contribution in [-0.2, 0) is 11.3 Å². The van der Waals surface area contributed by atoms with E-state index in [0.29, 0.717) is 22.6 Å². The van der Waals surface area contributed by atoms with E-state index >= 15 is 0 Å². The molecule has 7 nitrogen and oxygen atoms in total. The zero-order valence-electron chi connectivity index (χ0n) is 20.2. The highest BCUT2D eigenvalue weighted by Gasteiger charge is 2.18. The molecule has 0 unspecified atom stereocenters. The Balaban J connectivity index is 1.55. The van der Waals surface area contributed by atoms with E-state index in [0.717, 1.165) is 15.7 Å². The summed E-state index contributed by atoms with van der Waals surface area (Å²) in [5.74, 6) is -0.259. The van der Waals surface area contributed by atoms with Gasteiger partial charge in [-0.1, -0.05) is 64.5 Å². The molecule has 0 aliphatic rings. The van der Waals surface area contributed by atoms with Crippen molar-refractivity contribution in [3.63, 3.8) is 0 Å². The van der Waals surface area contributed by atoms with Gasteiger partial charge in [-0.3, -0.25) is 9.59 Å². The summed E-state index contributed by atoms with van der Waals surface area (Å²) in [6, 6.07) is 29.7. The molecule has 2 amide bonds. The lowest BCUT2D eigenvalue weighted by Gasteiger charge is -2.11. The molecule has 3 aromatic carbocycles. The van der Waals surface area contributed by atoms with Crippen LogP contribution < -0.4 is 10.6 Å². The standard InChI is InChI=1S/C30H23BrN4O3/c31-24-15-13-21(14-16-24)28-23(20-35(34-28)25-10-5-2-6-11-25)18-27(30(37)32-19-26-12-7-17-38-26)33-29(36)22-8-3-1-4-9-22/h1-18,20H,19H2,(H,32,37)(H,33,36). The number of nitrogens with one attached hydrogen (secondary N) is 2. The molecule has 0 radical (unpaired) electrons. The molecule has 0 saturated carbocycles. The molecule has 2 aromatic heterocycles. The van der Waals surface area contributed by atoms with Crippen LogP contribution in [0.1, 0.15) is 21.7 Å². The lowest BCUT2D eigenvalue weighted by atomic mass is 10.1. The molecule has 5 rings (SSSR count). The summed E-state index contributed by atoms with van der Waals surface area (Å²) in [4.78, 5) is 26.3. The third-order valence-electron chi connectivity index (χ3n) is 5.71. The summed E-state index contributed by atoms with van der Waals surface area (Å²) in [6.07, 6.45) is 5.02. The van der Waals surface area contributed by atoms with E-state index in [-0.39, 0.29) is 12.2 Å². The minimum absolute atomic E-state index is 0.0800. The van der Waals surface area contributed by atoms with E-state index in [1.54, 1.807) is 47.2 Å². The van der Waals surface area contributed by atoms with Crippen molar-refractivity contribution in [1.82, 2.24) is 20.4 Å². The van der Waals surface area contributed by atoms with Gasteiger partial charge in [-0.25, -0.2) is 4.68 Å². The molecular formula is C30H23BrN4O3. The van der Waals surface area contributed by atoms with Gasteiger partial charge in [-0.15, -0.1) is 0 Å². The SMILES string of the molecule is O=C(NCc1ccco1)C(=Cc1cn(-c2ccccc2)nc1-c1ccc(Br)cc1)NC(=O)c1ccccc1. The van der Waals surface area contributed by atoms with Gasteiger partial charge in [0, 0.05) is 27.4 Å². The first-order valence-electron chi connectivity index (χ1n) is 11.9. The first-order valence-corrected chi connectivity index (χ1v) is 12.7. The maximum absolute atomic E-state index is 13.3. The fourth-order valence-corrected chi connectivity index (χ4v) is 4.08. The van der Waals surface area contributed by atoms with Gasteiger partial charge in [-0.05, 0) is 54.6 Å². The van der Waals surface area contributed by atoms with Gasteiger partial charge < -0.3 is 15.1 Å². The van der Waals surface area contributed by atoms with Crippen molar-refractivity contribution in [2.75, 3.05) is 0 Å². The second-order valence-electron chi connectivity index (χ2n) is 8.36. The molecule has 5 aromatic rings. The molecule has 0 aliphatic heterocycles. The molecular weight excluding hydrogens is 544 g/mol. The molecule has 0 aliphatic carbocycles. The molecule has 188 valence electrons. The van der Waals surface area contributed by atoms with Crippen molar-refractivity contribution < 1.29 is 14.0 Å². The third kappa shape index (κ3) is 5.99. The Labute approximate surface area is 227 Å². The Morgan fingerprint density at radius 1 is 0.895 bits per heavy atom. The van der Waals surface area contributed by atoms with Crippen LogP contribution >= 0.6 is 15.9 Å². The van der Waals surface area contributed by atoms with Gasteiger partial charge >= 0.3 is 0 Å². The number of hydrogen-bond donors (Lipinski definition) is 2. The quantitative estimate of drug-likeness (QED) is 0.226. The van der Waals surface area contributed by atoms with Gasteiger partial charge in [0.05, 0.1) is 18.5 Å². The first-order chi connectivity index (χ1) is 18.6. The van der Waals surface area contributed by atoms with Crippen LogP contribution in [0.15, 0.2) is 124 Å². The Hall–Kier alpha value is -4.69. The lowest BCUT2D eigenvalue weighted by molar-refractivity contribution is -0.118. The van der Waals surface area contributed by atoms with Crippen molar-refractivity contribution in [2.24, 2.45) is 0 Å². The van der Waals surface area contributed by atoms with E-state index in [2.05, 4.69) is 26.6 Å². The Morgan fingerprint density at radius 3 is 2.29 bits per heavy atom. The topological polar surface area (TPSA) is 89.2 Å². The predicted molar refractivity (Wildman–Crippen MR) is 149 cm³/mol. The number of benzene rings is 3. The fraction of sp³-hybridized carbons (Fsp3) is 0.0333. The van der Waals surface area contributed by atoms with E-state index < -0.39 is 11.8 Å². The van der Waals surface area contributed by atoms with Gasteiger partial charge in [0.15, 0.2) is 0 Å². The number of hydrogen-bond acceptors (Lipinski definition) is 4. The second kappa shape index (κ2) is 11.6. The number of carbonyl (C=O) groups is 2. The Morgan fingerprint density at radius 2 is 1.61 bits per heavy atom. The van der Waals surface area contributed by atoms with E-state index in [9.17, 15) is 9.59 Å². The zero-order valence-corrected chi connectivity index (χ0v) is 21.8. The van der Waals surface area contributed by atoms with Gasteiger partial charge in [0.1, 0.15) is 17.2 Å². The predicted octanol–water partition coefficient (Wildman–Crippen LogP) is 5.98. The minimum Gasteiger partial charge on any atom is -0.467 e. The smallest absolute Gasteiger partial charge is 0.268 e. The molecule has 38 heavy (non-hydrogen) atoms. The number of para-hydroxylation sites is 1. The average molecular weight is 567 g/mol. The Bertz CT molecular complexity index is 1560. The molecule has 0 bridgehead atoms. The van der Waals surface area contributed by atoms with Crippen LogP contribution in [0.5, 0.6) is 0 Å². The highest BCUT2D eigenvalue weighted by atomic mass is 79.9. The minimum atomic E-state index is -0.458. The number of amides is 2.